The molecule has 0 bridgehead atoms. The Bertz CT molecular complexity index is 988. The van der Waals surface area contributed by atoms with Crippen molar-refractivity contribution < 1.29 is 13.2 Å². The SMILES string of the molecule is CC1CCCCN1S(=O)(=O)c1cccc(C(=O)N2CCN(c3ccccn3)CC2)c1. The normalized spacial score (nSPS) is 20.9. The van der Waals surface area contributed by atoms with E-state index in [1.165, 1.54) is 6.07 Å². The Morgan fingerprint density at radius 2 is 1.80 bits per heavy atom. The van der Waals surface area contributed by atoms with Crippen LogP contribution >= 0.6 is 0 Å². The molecule has 160 valence electrons. The topological polar surface area (TPSA) is 73.8 Å². The summed E-state index contributed by atoms with van der Waals surface area (Å²) in [5, 5.41) is 0. The van der Waals surface area contributed by atoms with E-state index in [0.717, 1.165) is 25.1 Å². The van der Waals surface area contributed by atoms with Crippen LogP contribution in [-0.2, 0) is 10.0 Å². The summed E-state index contributed by atoms with van der Waals surface area (Å²) in [5.74, 6) is 0.785. The Morgan fingerprint density at radius 3 is 2.50 bits per heavy atom. The molecule has 2 aliphatic heterocycles. The zero-order valence-corrected chi connectivity index (χ0v) is 18.1. The van der Waals surface area contributed by atoms with Crippen LogP contribution < -0.4 is 4.90 Å². The van der Waals surface area contributed by atoms with Crippen LogP contribution in [0.25, 0.3) is 0 Å². The predicted molar refractivity (Wildman–Crippen MR) is 116 cm³/mol. The van der Waals surface area contributed by atoms with Gasteiger partial charge < -0.3 is 9.80 Å². The second-order valence-electron chi connectivity index (χ2n) is 7.96. The molecule has 0 radical (unpaired) electrons. The minimum absolute atomic E-state index is 0.0113. The summed E-state index contributed by atoms with van der Waals surface area (Å²) in [4.78, 5) is 21.6. The van der Waals surface area contributed by atoms with E-state index < -0.39 is 10.0 Å². The number of sulfonamides is 1. The lowest BCUT2D eigenvalue weighted by Crippen LogP contribution is -2.49. The van der Waals surface area contributed by atoms with E-state index in [1.54, 1.807) is 33.6 Å². The molecule has 0 N–H and O–H groups in total. The van der Waals surface area contributed by atoms with Crippen molar-refractivity contribution in [3.05, 3.63) is 54.2 Å². The number of pyridine rings is 1. The van der Waals surface area contributed by atoms with Gasteiger partial charge in [0.1, 0.15) is 5.82 Å². The van der Waals surface area contributed by atoms with Crippen molar-refractivity contribution in [2.45, 2.75) is 37.1 Å². The van der Waals surface area contributed by atoms with E-state index in [2.05, 4.69) is 9.88 Å². The number of hydrogen-bond acceptors (Lipinski definition) is 5. The van der Waals surface area contributed by atoms with Gasteiger partial charge >= 0.3 is 0 Å². The Kier molecular flexibility index (Phi) is 6.06. The lowest BCUT2D eigenvalue weighted by Gasteiger charge is -2.35. The molecular weight excluding hydrogens is 400 g/mol. The molecular formula is C22H28N4O3S. The second kappa shape index (κ2) is 8.73. The molecule has 2 aromatic rings. The van der Waals surface area contributed by atoms with Gasteiger partial charge in [-0.2, -0.15) is 4.31 Å². The van der Waals surface area contributed by atoms with Crippen molar-refractivity contribution in [3.63, 3.8) is 0 Å². The number of carbonyl (C=O) groups is 1. The van der Waals surface area contributed by atoms with Crippen LogP contribution in [0.5, 0.6) is 0 Å². The molecule has 4 rings (SSSR count). The maximum absolute atomic E-state index is 13.1. The zero-order valence-electron chi connectivity index (χ0n) is 17.3. The number of hydrogen-bond donors (Lipinski definition) is 0. The standard InChI is InChI=1S/C22H28N4O3S/c1-18-7-3-5-12-26(18)30(28,29)20-9-6-8-19(17-20)22(27)25-15-13-24(14-16-25)21-10-2-4-11-23-21/h2,4,6,8-11,17-18H,3,5,7,12-16H2,1H3. The third-order valence-electron chi connectivity index (χ3n) is 5.97. The molecule has 3 heterocycles. The first-order valence-corrected chi connectivity index (χ1v) is 12.0. The molecule has 1 aromatic carbocycles. The molecule has 1 unspecified atom stereocenters. The Labute approximate surface area is 178 Å². The minimum Gasteiger partial charge on any atom is -0.353 e. The van der Waals surface area contributed by atoms with Crippen LogP contribution in [0.1, 0.15) is 36.5 Å². The number of rotatable bonds is 4. The average molecular weight is 429 g/mol. The monoisotopic (exact) mass is 428 g/mol. The van der Waals surface area contributed by atoms with E-state index in [-0.39, 0.29) is 16.8 Å². The second-order valence-corrected chi connectivity index (χ2v) is 9.85. The van der Waals surface area contributed by atoms with Crippen LogP contribution in [0.15, 0.2) is 53.6 Å². The van der Waals surface area contributed by atoms with Gasteiger partial charge in [-0.25, -0.2) is 13.4 Å². The smallest absolute Gasteiger partial charge is 0.254 e. The molecule has 0 spiro atoms. The van der Waals surface area contributed by atoms with Crippen LogP contribution in [0.4, 0.5) is 5.82 Å². The first-order valence-electron chi connectivity index (χ1n) is 10.5. The molecule has 1 amide bonds. The van der Waals surface area contributed by atoms with Crippen LogP contribution in [0.3, 0.4) is 0 Å². The fraction of sp³-hybridized carbons (Fsp3) is 0.455. The molecule has 30 heavy (non-hydrogen) atoms. The van der Waals surface area contributed by atoms with Crippen LogP contribution in [-0.4, -0.2) is 67.3 Å². The zero-order chi connectivity index (χ0) is 21.1. The Balaban J connectivity index is 1.47. The van der Waals surface area contributed by atoms with Gasteiger partial charge in [0.2, 0.25) is 10.0 Å². The number of piperidine rings is 1. The van der Waals surface area contributed by atoms with Crippen molar-refractivity contribution in [2.75, 3.05) is 37.6 Å². The molecule has 7 nitrogen and oxygen atoms in total. The number of aromatic nitrogens is 1. The van der Waals surface area contributed by atoms with E-state index >= 15 is 0 Å². The summed E-state index contributed by atoms with van der Waals surface area (Å²) in [6, 6.07) is 12.3. The third-order valence-corrected chi connectivity index (χ3v) is 7.98. The molecule has 2 saturated heterocycles. The maximum atomic E-state index is 13.1. The molecule has 0 saturated carbocycles. The lowest BCUT2D eigenvalue weighted by atomic mass is 10.1. The van der Waals surface area contributed by atoms with E-state index in [1.807, 2.05) is 25.1 Å². The van der Waals surface area contributed by atoms with Gasteiger partial charge in [-0.1, -0.05) is 18.6 Å². The predicted octanol–water partition coefficient (Wildman–Crippen LogP) is 2.61. The Hall–Kier alpha value is -2.45. The van der Waals surface area contributed by atoms with Crippen molar-refractivity contribution in [2.24, 2.45) is 0 Å². The van der Waals surface area contributed by atoms with E-state index in [4.69, 9.17) is 0 Å². The number of amides is 1. The highest BCUT2D eigenvalue weighted by Gasteiger charge is 2.31. The fourth-order valence-corrected chi connectivity index (χ4v) is 5.96. The van der Waals surface area contributed by atoms with Crippen molar-refractivity contribution in [1.82, 2.24) is 14.2 Å². The first-order chi connectivity index (χ1) is 14.5. The molecule has 1 aromatic heterocycles. The first kappa shape index (κ1) is 20.8. The molecule has 0 aliphatic carbocycles. The minimum atomic E-state index is -3.60. The van der Waals surface area contributed by atoms with Crippen LogP contribution in [0, 0.1) is 0 Å². The summed E-state index contributed by atoms with van der Waals surface area (Å²) >= 11 is 0. The average Bonchev–Trinajstić information content (AvgIpc) is 2.79. The van der Waals surface area contributed by atoms with Gasteiger partial charge in [-0.3, -0.25) is 4.79 Å². The van der Waals surface area contributed by atoms with Gasteiger partial charge in [-0.05, 0) is 50.1 Å². The van der Waals surface area contributed by atoms with E-state index in [0.29, 0.717) is 38.3 Å². The molecule has 2 fully saturated rings. The van der Waals surface area contributed by atoms with Gasteiger partial charge in [0.25, 0.3) is 5.91 Å². The van der Waals surface area contributed by atoms with E-state index in [9.17, 15) is 13.2 Å². The van der Waals surface area contributed by atoms with Crippen LogP contribution in [0.2, 0.25) is 0 Å². The molecule has 1 atom stereocenters. The van der Waals surface area contributed by atoms with Gasteiger partial charge in [0.15, 0.2) is 0 Å². The largest absolute Gasteiger partial charge is 0.353 e. The highest BCUT2D eigenvalue weighted by molar-refractivity contribution is 7.89. The summed E-state index contributed by atoms with van der Waals surface area (Å²) < 4.78 is 27.8. The number of carbonyl (C=O) groups excluding carboxylic acids is 1. The highest BCUT2D eigenvalue weighted by atomic mass is 32.2. The summed E-state index contributed by atoms with van der Waals surface area (Å²) in [7, 11) is -3.60. The number of nitrogens with zero attached hydrogens (tertiary/aromatic N) is 4. The quantitative estimate of drug-likeness (QED) is 0.748. The number of piperazine rings is 1. The van der Waals surface area contributed by atoms with Crippen molar-refractivity contribution in [1.29, 1.82) is 0 Å². The summed E-state index contributed by atoms with van der Waals surface area (Å²) in [6.07, 6.45) is 4.57. The van der Waals surface area contributed by atoms with Gasteiger partial charge in [0.05, 0.1) is 4.90 Å². The lowest BCUT2D eigenvalue weighted by molar-refractivity contribution is 0.0746. The highest BCUT2D eigenvalue weighted by Crippen LogP contribution is 2.26. The number of anilines is 1. The van der Waals surface area contributed by atoms with Crippen molar-refractivity contribution in [3.8, 4) is 0 Å². The third kappa shape index (κ3) is 4.20. The molecule has 8 heteroatoms. The molecule has 2 aliphatic rings. The Morgan fingerprint density at radius 1 is 1.00 bits per heavy atom. The summed E-state index contributed by atoms with van der Waals surface area (Å²) in [5.41, 5.74) is 0.423. The van der Waals surface area contributed by atoms with Crippen molar-refractivity contribution >= 4 is 21.7 Å². The summed E-state index contributed by atoms with van der Waals surface area (Å²) in [6.45, 7) is 5.05. The number of benzene rings is 1. The van der Waals surface area contributed by atoms with Gasteiger partial charge in [0, 0.05) is 50.5 Å². The fourth-order valence-electron chi connectivity index (χ4n) is 4.22. The maximum Gasteiger partial charge on any atom is 0.254 e. The van der Waals surface area contributed by atoms with Gasteiger partial charge in [-0.15, -0.1) is 0 Å².